The Labute approximate surface area is 234 Å². The van der Waals surface area contributed by atoms with E-state index >= 15 is 0 Å². The van der Waals surface area contributed by atoms with Crippen LogP contribution in [0.5, 0.6) is 5.75 Å². The van der Waals surface area contributed by atoms with E-state index in [-0.39, 0.29) is 5.92 Å². The maximum atomic E-state index is 13.5. The molecule has 0 saturated carbocycles. The van der Waals surface area contributed by atoms with Crippen molar-refractivity contribution >= 4 is 28.6 Å². The zero-order chi connectivity index (χ0) is 28.5. The summed E-state index contributed by atoms with van der Waals surface area (Å²) in [6.45, 7) is 11.7. The fraction of sp³-hybridized carbons (Fsp3) is 0.367. The van der Waals surface area contributed by atoms with E-state index in [9.17, 15) is 9.35 Å². The molecule has 9 heteroatoms. The van der Waals surface area contributed by atoms with Crippen molar-refractivity contribution in [1.82, 2.24) is 4.31 Å². The van der Waals surface area contributed by atoms with E-state index in [1.165, 1.54) is 0 Å². The molecule has 1 heterocycles. The van der Waals surface area contributed by atoms with Crippen molar-refractivity contribution in [3.05, 3.63) is 82.4 Å². The lowest BCUT2D eigenvalue weighted by Gasteiger charge is -2.35. The predicted octanol–water partition coefficient (Wildman–Crippen LogP) is 4.15. The summed E-state index contributed by atoms with van der Waals surface area (Å²) < 4.78 is 21.3. The maximum Gasteiger partial charge on any atom is 0.224 e. The monoisotopic (exact) mass is 549 g/mol. The number of para-hydroxylation sites is 1. The van der Waals surface area contributed by atoms with Crippen LogP contribution in [0.4, 0.5) is 11.4 Å². The van der Waals surface area contributed by atoms with Gasteiger partial charge in [0.1, 0.15) is 6.61 Å². The summed E-state index contributed by atoms with van der Waals surface area (Å²) in [5, 5.41) is 1.60. The minimum absolute atomic E-state index is 0.364. The maximum absolute atomic E-state index is 13.5. The summed E-state index contributed by atoms with van der Waals surface area (Å²) in [5.41, 5.74) is 17.7. The van der Waals surface area contributed by atoms with Gasteiger partial charge in [-0.25, -0.2) is 5.84 Å². The van der Waals surface area contributed by atoms with Crippen LogP contribution in [0.2, 0.25) is 0 Å². The summed E-state index contributed by atoms with van der Waals surface area (Å²) in [5.74, 6) is 6.04. The number of aryl methyl sites for hydroxylation is 1. The molecule has 208 valence electrons. The van der Waals surface area contributed by atoms with Crippen LogP contribution in [-0.4, -0.2) is 34.5 Å². The number of nitrogens with zero attached hydrogens (tertiary/aromatic N) is 2. The van der Waals surface area contributed by atoms with Gasteiger partial charge in [0.25, 0.3) is 0 Å². The van der Waals surface area contributed by atoms with Gasteiger partial charge in [0.2, 0.25) is 10.8 Å². The van der Waals surface area contributed by atoms with Gasteiger partial charge in [-0.15, -0.1) is 4.31 Å². The van der Waals surface area contributed by atoms with Crippen molar-refractivity contribution in [1.29, 1.82) is 0 Å². The van der Waals surface area contributed by atoms with Gasteiger partial charge in [0, 0.05) is 12.5 Å². The fourth-order valence-corrected chi connectivity index (χ4v) is 6.42. The number of nitrogens with two attached hydrogens (primary N) is 3. The third kappa shape index (κ3) is 5.58. The number of primary amides is 1. The number of carbonyl (C=O) groups is 1. The first-order valence-corrected chi connectivity index (χ1v) is 14.3. The molecular formula is C30H39N5O3S. The molecule has 3 aromatic rings. The Balaban J connectivity index is 1.77. The van der Waals surface area contributed by atoms with Gasteiger partial charge in [-0.2, -0.15) is 0 Å². The van der Waals surface area contributed by atoms with Crippen LogP contribution >= 0.6 is 0 Å². The van der Waals surface area contributed by atoms with E-state index in [0.29, 0.717) is 42.6 Å². The van der Waals surface area contributed by atoms with Crippen LogP contribution in [0.25, 0.3) is 0 Å². The third-order valence-corrected chi connectivity index (χ3v) is 9.27. The molecule has 2 unspecified atom stereocenters. The molecule has 6 N–H and O–H groups in total. The number of amides is 1. The molecule has 39 heavy (non-hydrogen) atoms. The Kier molecular flexibility index (Phi) is 8.46. The Morgan fingerprint density at radius 2 is 1.90 bits per heavy atom. The van der Waals surface area contributed by atoms with Crippen LogP contribution in [-0.2, 0) is 22.7 Å². The van der Waals surface area contributed by atoms with Gasteiger partial charge in [-0.3, -0.25) is 4.79 Å². The summed E-state index contributed by atoms with van der Waals surface area (Å²) >= 11 is -1.37. The van der Waals surface area contributed by atoms with E-state index in [1.807, 2.05) is 87.5 Å². The predicted molar refractivity (Wildman–Crippen MR) is 158 cm³/mol. The van der Waals surface area contributed by atoms with E-state index in [1.54, 1.807) is 5.01 Å². The van der Waals surface area contributed by atoms with Crippen LogP contribution in [0.3, 0.4) is 0 Å². The van der Waals surface area contributed by atoms with Crippen LogP contribution in [0, 0.1) is 19.3 Å². The highest BCUT2D eigenvalue weighted by atomic mass is 32.2. The second-order valence-corrected chi connectivity index (χ2v) is 12.1. The molecule has 0 spiro atoms. The lowest BCUT2D eigenvalue weighted by atomic mass is 9.69. The number of benzene rings is 3. The second kappa shape index (κ2) is 11.5. The molecular weight excluding hydrogens is 510 g/mol. The van der Waals surface area contributed by atoms with Crippen molar-refractivity contribution in [2.75, 3.05) is 30.4 Å². The first-order valence-electron chi connectivity index (χ1n) is 13.2. The number of rotatable bonds is 8. The highest BCUT2D eigenvalue weighted by Gasteiger charge is 2.39. The quantitative estimate of drug-likeness (QED) is 0.166. The first kappa shape index (κ1) is 28.8. The molecule has 0 saturated heterocycles. The molecule has 1 aliphatic heterocycles. The smallest absolute Gasteiger partial charge is 0.224 e. The van der Waals surface area contributed by atoms with Gasteiger partial charge in [-0.05, 0) is 66.8 Å². The van der Waals surface area contributed by atoms with Gasteiger partial charge < -0.3 is 25.8 Å². The topological polar surface area (TPSA) is 134 Å². The second-order valence-electron chi connectivity index (χ2n) is 10.6. The van der Waals surface area contributed by atoms with Crippen molar-refractivity contribution in [3.8, 4) is 5.75 Å². The van der Waals surface area contributed by atoms with Gasteiger partial charge in [0.15, 0.2) is 5.75 Å². The fourth-order valence-electron chi connectivity index (χ4n) is 5.15. The Morgan fingerprint density at radius 3 is 2.59 bits per heavy atom. The molecule has 3 aromatic carbocycles. The summed E-state index contributed by atoms with van der Waals surface area (Å²) in [6.07, 6.45) is 0. The number of ether oxygens (including phenoxy) is 1. The zero-order valence-corrected chi connectivity index (χ0v) is 24.2. The molecule has 1 amide bonds. The number of fused-ring (bicyclic) bond motifs is 1. The molecule has 8 nitrogen and oxygen atoms in total. The van der Waals surface area contributed by atoms with Crippen molar-refractivity contribution < 1.29 is 14.1 Å². The van der Waals surface area contributed by atoms with Gasteiger partial charge >= 0.3 is 0 Å². The minimum Gasteiger partial charge on any atom is -0.593 e. The lowest BCUT2D eigenvalue weighted by Crippen LogP contribution is -2.38. The molecule has 4 rings (SSSR count). The Hall–Kier alpha value is -3.24. The van der Waals surface area contributed by atoms with Gasteiger partial charge in [-0.1, -0.05) is 50.2 Å². The lowest BCUT2D eigenvalue weighted by molar-refractivity contribution is -0.126. The van der Waals surface area contributed by atoms with Crippen molar-refractivity contribution in [3.63, 3.8) is 0 Å². The zero-order valence-electron chi connectivity index (χ0n) is 23.4. The number of nitrogen functional groups attached to an aromatic ring is 1. The molecule has 0 aliphatic carbocycles. The first-order chi connectivity index (χ1) is 18.5. The highest BCUT2D eigenvalue weighted by Crippen LogP contribution is 2.45. The van der Waals surface area contributed by atoms with Gasteiger partial charge in [0.05, 0.1) is 41.2 Å². The normalized spacial score (nSPS) is 16.6. The Bertz CT molecular complexity index is 1360. The van der Waals surface area contributed by atoms with Crippen molar-refractivity contribution in [2.45, 2.75) is 52.0 Å². The number of anilines is 2. The molecule has 0 aromatic heterocycles. The van der Waals surface area contributed by atoms with Crippen LogP contribution in [0.1, 0.15) is 54.5 Å². The standard InChI is InChI=1S/C30H39N5O3S/c1-6-35(33)24-14-13-23(20(3)28(24)31)27(30(4,5)29(32)36)21-12-11-19(2)22(17-21)18-34-15-16-38-25-9-7-8-10-26(25)39(34)37/h7-14,17,27H,6,15-16,18,31,33H2,1-5H3,(H2,32,36). The summed E-state index contributed by atoms with van der Waals surface area (Å²) in [6, 6.07) is 17.5. The Morgan fingerprint density at radius 1 is 1.18 bits per heavy atom. The molecule has 0 radical (unpaired) electrons. The SMILES string of the molecule is CCN(N)c1ccc(C(c2ccc(C)c(CN3CCOc4ccccc4[S+]3[O-])c2)C(C)(C)C(N)=O)c(C)c1N. The number of hydrogen-bond acceptors (Lipinski definition) is 7. The summed E-state index contributed by atoms with van der Waals surface area (Å²) in [7, 11) is 0. The summed E-state index contributed by atoms with van der Waals surface area (Å²) in [4.78, 5) is 13.5. The number of hydrazine groups is 1. The van der Waals surface area contributed by atoms with E-state index in [2.05, 4.69) is 6.07 Å². The molecule has 0 bridgehead atoms. The molecule has 0 fully saturated rings. The molecule has 1 aliphatic rings. The van der Waals surface area contributed by atoms with Crippen molar-refractivity contribution in [2.24, 2.45) is 17.0 Å². The van der Waals surface area contributed by atoms with Crippen LogP contribution in [0.15, 0.2) is 59.5 Å². The highest BCUT2D eigenvalue weighted by molar-refractivity contribution is 7.89. The van der Waals surface area contributed by atoms with E-state index < -0.39 is 22.7 Å². The number of carbonyl (C=O) groups excluding carboxylic acids is 1. The molecule has 2 atom stereocenters. The third-order valence-electron chi connectivity index (χ3n) is 7.77. The largest absolute Gasteiger partial charge is 0.593 e. The van der Waals surface area contributed by atoms with E-state index in [0.717, 1.165) is 33.5 Å². The van der Waals surface area contributed by atoms with Crippen LogP contribution < -0.4 is 27.1 Å². The minimum atomic E-state index is -1.37. The number of hydrogen-bond donors (Lipinski definition) is 3. The average Bonchev–Trinajstić information content (AvgIpc) is 3.06. The van der Waals surface area contributed by atoms with E-state index in [4.69, 9.17) is 22.0 Å². The average molecular weight is 550 g/mol.